The lowest BCUT2D eigenvalue weighted by Crippen LogP contribution is -2.36. The van der Waals surface area contributed by atoms with Crippen LogP contribution in [0.25, 0.3) is 0 Å². The first-order chi connectivity index (χ1) is 9.76. The summed E-state index contributed by atoms with van der Waals surface area (Å²) >= 11 is 0. The Hall–Kier alpha value is -0.0400. The highest BCUT2D eigenvalue weighted by molar-refractivity contribution is 14.0. The van der Waals surface area contributed by atoms with Gasteiger partial charge >= 0.3 is 0 Å². The van der Waals surface area contributed by atoms with Crippen LogP contribution in [0.1, 0.15) is 58.8 Å². The normalized spacial score (nSPS) is 17.5. The van der Waals surface area contributed by atoms with E-state index >= 15 is 0 Å². The summed E-state index contributed by atoms with van der Waals surface area (Å²) in [5.41, 5.74) is 5.88. The Bertz CT molecular complexity index is 263. The lowest BCUT2D eigenvalue weighted by Gasteiger charge is -2.31. The Balaban J connectivity index is 0.00000400. The second-order valence-electron chi connectivity index (χ2n) is 5.92. The van der Waals surface area contributed by atoms with Crippen molar-refractivity contribution in [3.8, 4) is 0 Å². The van der Waals surface area contributed by atoms with Gasteiger partial charge in [-0.1, -0.05) is 33.1 Å². The molecule has 1 saturated heterocycles. The highest BCUT2D eigenvalue weighted by Crippen LogP contribution is 2.19. The molecule has 0 radical (unpaired) electrons. The van der Waals surface area contributed by atoms with Gasteiger partial charge in [-0.2, -0.15) is 0 Å². The minimum Gasteiger partial charge on any atom is -0.370 e. The first kappa shape index (κ1) is 21.0. The molecule has 3 N–H and O–H groups in total. The van der Waals surface area contributed by atoms with Crippen LogP contribution < -0.4 is 11.1 Å². The molecule has 1 heterocycles. The van der Waals surface area contributed by atoms with E-state index in [1.54, 1.807) is 0 Å². The molecule has 1 aliphatic heterocycles. The molecule has 21 heavy (non-hydrogen) atoms. The molecule has 0 unspecified atom stereocenters. The summed E-state index contributed by atoms with van der Waals surface area (Å²) in [7, 11) is 0. The van der Waals surface area contributed by atoms with Crippen molar-refractivity contribution in [2.45, 2.75) is 58.8 Å². The van der Waals surface area contributed by atoms with E-state index in [0.29, 0.717) is 5.96 Å². The number of guanidine groups is 1. The molecule has 5 heteroatoms. The van der Waals surface area contributed by atoms with Crippen LogP contribution in [0.5, 0.6) is 0 Å². The lowest BCUT2D eigenvalue weighted by molar-refractivity contribution is 0.187. The summed E-state index contributed by atoms with van der Waals surface area (Å²) < 4.78 is 0. The Morgan fingerprint density at radius 3 is 2.52 bits per heavy atom. The van der Waals surface area contributed by atoms with E-state index in [9.17, 15) is 0 Å². The van der Waals surface area contributed by atoms with Crippen molar-refractivity contribution in [2.75, 3.05) is 32.7 Å². The van der Waals surface area contributed by atoms with Crippen LogP contribution in [-0.4, -0.2) is 43.6 Å². The van der Waals surface area contributed by atoms with E-state index in [0.717, 1.165) is 25.4 Å². The lowest BCUT2D eigenvalue weighted by atomic mass is 9.93. The highest BCUT2D eigenvalue weighted by atomic mass is 127. The van der Waals surface area contributed by atoms with E-state index in [1.165, 1.54) is 58.2 Å². The summed E-state index contributed by atoms with van der Waals surface area (Å²) in [4.78, 5) is 6.92. The van der Waals surface area contributed by atoms with Gasteiger partial charge in [-0.15, -0.1) is 24.0 Å². The van der Waals surface area contributed by atoms with E-state index < -0.39 is 0 Å². The number of halogens is 1. The van der Waals surface area contributed by atoms with Crippen molar-refractivity contribution < 1.29 is 0 Å². The van der Waals surface area contributed by atoms with Crippen molar-refractivity contribution in [3.63, 3.8) is 0 Å². The molecule has 0 bridgehead atoms. The molecule has 0 aromatic rings. The van der Waals surface area contributed by atoms with Crippen molar-refractivity contribution >= 4 is 29.9 Å². The second kappa shape index (κ2) is 13.6. The summed E-state index contributed by atoms with van der Waals surface area (Å²) in [6.07, 6.45) is 8.90. The maximum Gasteiger partial charge on any atom is 0.188 e. The van der Waals surface area contributed by atoms with Gasteiger partial charge in [0.1, 0.15) is 0 Å². The van der Waals surface area contributed by atoms with Crippen LogP contribution in [-0.2, 0) is 0 Å². The summed E-state index contributed by atoms with van der Waals surface area (Å²) in [5, 5.41) is 3.26. The number of unbranched alkanes of at least 4 members (excludes halogenated alkanes) is 3. The maximum atomic E-state index is 5.88. The van der Waals surface area contributed by atoms with E-state index in [1.807, 2.05) is 0 Å². The molecule has 126 valence electrons. The number of nitrogens with zero attached hydrogens (tertiary/aromatic N) is 2. The summed E-state index contributed by atoms with van der Waals surface area (Å²) in [6, 6.07) is 0. The third-order valence-corrected chi connectivity index (χ3v) is 4.31. The van der Waals surface area contributed by atoms with E-state index in [-0.39, 0.29) is 24.0 Å². The van der Waals surface area contributed by atoms with Crippen LogP contribution in [0.4, 0.5) is 0 Å². The molecular weight excluding hydrogens is 375 g/mol. The Labute approximate surface area is 148 Å². The van der Waals surface area contributed by atoms with Crippen molar-refractivity contribution in [3.05, 3.63) is 0 Å². The SMILES string of the molecule is CCCCCCN=C(N)NCCC1CCN(CC)CC1.I. The Kier molecular flexibility index (Phi) is 13.6. The molecular formula is C16H35IN4. The second-order valence-corrected chi connectivity index (χ2v) is 5.92. The average Bonchev–Trinajstić information content (AvgIpc) is 2.48. The number of likely N-dealkylation sites (tertiary alicyclic amines) is 1. The topological polar surface area (TPSA) is 53.6 Å². The van der Waals surface area contributed by atoms with E-state index in [2.05, 4.69) is 29.1 Å². The standard InChI is InChI=1S/C16H34N4.HI/c1-3-5-6-7-11-18-16(17)19-12-8-15-9-13-20(4-2)14-10-15;/h15H,3-14H2,1-2H3,(H3,17,18,19);1H. The third kappa shape index (κ3) is 10.3. The molecule has 1 rings (SSSR count). The zero-order chi connectivity index (χ0) is 14.6. The van der Waals surface area contributed by atoms with Crippen molar-refractivity contribution in [2.24, 2.45) is 16.6 Å². The van der Waals surface area contributed by atoms with Gasteiger partial charge in [-0.05, 0) is 51.2 Å². The maximum absolute atomic E-state index is 5.88. The van der Waals surface area contributed by atoms with Gasteiger partial charge in [-0.3, -0.25) is 4.99 Å². The fraction of sp³-hybridized carbons (Fsp3) is 0.938. The molecule has 0 spiro atoms. The van der Waals surface area contributed by atoms with Gasteiger partial charge in [0.25, 0.3) is 0 Å². The third-order valence-electron chi connectivity index (χ3n) is 4.31. The Morgan fingerprint density at radius 2 is 1.90 bits per heavy atom. The quantitative estimate of drug-likeness (QED) is 0.266. The summed E-state index contributed by atoms with van der Waals surface area (Å²) in [6.45, 7) is 10.0. The minimum atomic E-state index is 0. The van der Waals surface area contributed by atoms with Crippen LogP contribution in [0, 0.1) is 5.92 Å². The van der Waals surface area contributed by atoms with E-state index in [4.69, 9.17) is 5.73 Å². The zero-order valence-corrected chi connectivity index (χ0v) is 16.3. The van der Waals surface area contributed by atoms with Crippen LogP contribution >= 0.6 is 24.0 Å². The van der Waals surface area contributed by atoms with Gasteiger partial charge in [0, 0.05) is 13.1 Å². The number of piperidine rings is 1. The first-order valence-electron chi connectivity index (χ1n) is 8.52. The molecule has 0 aliphatic carbocycles. The highest BCUT2D eigenvalue weighted by Gasteiger charge is 2.17. The number of aliphatic imine (C=N–C) groups is 1. The average molecular weight is 410 g/mol. The smallest absolute Gasteiger partial charge is 0.188 e. The minimum absolute atomic E-state index is 0. The largest absolute Gasteiger partial charge is 0.370 e. The Morgan fingerprint density at radius 1 is 1.19 bits per heavy atom. The summed E-state index contributed by atoms with van der Waals surface area (Å²) in [5.74, 6) is 1.50. The van der Waals surface area contributed by atoms with Crippen molar-refractivity contribution in [1.82, 2.24) is 10.2 Å². The predicted octanol–water partition coefficient (Wildman–Crippen LogP) is 3.21. The number of hydrogen-bond donors (Lipinski definition) is 2. The molecule has 0 amide bonds. The molecule has 0 atom stereocenters. The number of rotatable bonds is 9. The fourth-order valence-electron chi connectivity index (χ4n) is 2.79. The van der Waals surface area contributed by atoms with Gasteiger partial charge in [-0.25, -0.2) is 0 Å². The van der Waals surface area contributed by atoms with Gasteiger partial charge < -0.3 is 16.0 Å². The predicted molar refractivity (Wildman–Crippen MR) is 104 cm³/mol. The number of nitrogens with one attached hydrogen (secondary N) is 1. The fourth-order valence-corrected chi connectivity index (χ4v) is 2.79. The monoisotopic (exact) mass is 410 g/mol. The molecule has 1 aliphatic rings. The van der Waals surface area contributed by atoms with Gasteiger partial charge in [0.05, 0.1) is 0 Å². The first-order valence-corrected chi connectivity index (χ1v) is 8.52. The zero-order valence-electron chi connectivity index (χ0n) is 13.9. The van der Waals surface area contributed by atoms with Crippen molar-refractivity contribution in [1.29, 1.82) is 0 Å². The van der Waals surface area contributed by atoms with Gasteiger partial charge in [0.15, 0.2) is 5.96 Å². The number of hydrogen-bond acceptors (Lipinski definition) is 2. The molecule has 4 nitrogen and oxygen atoms in total. The molecule has 0 saturated carbocycles. The van der Waals surface area contributed by atoms with Gasteiger partial charge in [0.2, 0.25) is 0 Å². The van der Waals surface area contributed by atoms with Crippen LogP contribution in [0.3, 0.4) is 0 Å². The molecule has 1 fully saturated rings. The molecule has 0 aromatic carbocycles. The molecule has 0 aromatic heterocycles. The van der Waals surface area contributed by atoms with Crippen LogP contribution in [0.15, 0.2) is 4.99 Å². The number of nitrogens with two attached hydrogens (primary N) is 1. The van der Waals surface area contributed by atoms with Crippen LogP contribution in [0.2, 0.25) is 0 Å².